The molecular weight excluding hydrogens is 418 g/mol. The second kappa shape index (κ2) is 9.67. The second-order valence-corrected chi connectivity index (χ2v) is 6.40. The van der Waals surface area contributed by atoms with E-state index in [1.807, 2.05) is 0 Å². The summed E-state index contributed by atoms with van der Waals surface area (Å²) >= 11 is 3.12. The summed E-state index contributed by atoms with van der Waals surface area (Å²) in [5, 5.41) is 15.3. The molecule has 0 atom stereocenters. The van der Waals surface area contributed by atoms with E-state index in [9.17, 15) is 14.4 Å². The number of carboxylic acids is 1. The van der Waals surface area contributed by atoms with Crippen LogP contribution in [0.3, 0.4) is 0 Å². The molecule has 0 aliphatic rings. The van der Waals surface area contributed by atoms with E-state index in [2.05, 4.69) is 31.8 Å². The van der Waals surface area contributed by atoms with Crippen LogP contribution in [-0.4, -0.2) is 28.6 Å². The smallest absolute Gasteiger partial charge is 0.307 e. The van der Waals surface area contributed by atoms with Gasteiger partial charge in [0, 0.05) is 18.5 Å². The van der Waals surface area contributed by atoms with Crippen LogP contribution in [0.4, 0.5) is 5.69 Å². The van der Waals surface area contributed by atoms with Crippen molar-refractivity contribution in [3.05, 3.63) is 52.4 Å². The second-order valence-electron chi connectivity index (χ2n) is 5.61. The van der Waals surface area contributed by atoms with Crippen molar-refractivity contribution in [1.29, 1.82) is 0 Å². The fourth-order valence-electron chi connectivity index (χ4n) is 2.11. The van der Waals surface area contributed by atoms with Gasteiger partial charge in [-0.2, -0.15) is 5.10 Å². The normalized spacial score (nSPS) is 11.1. The summed E-state index contributed by atoms with van der Waals surface area (Å²) in [4.78, 5) is 34.1. The highest BCUT2D eigenvalue weighted by Gasteiger charge is 2.10. The molecule has 27 heavy (non-hydrogen) atoms. The lowest BCUT2D eigenvalue weighted by Crippen LogP contribution is -2.18. The average Bonchev–Trinajstić information content (AvgIpc) is 3.06. The molecule has 8 nitrogen and oxygen atoms in total. The predicted octanol–water partition coefficient (Wildman–Crippen LogP) is 3.39. The van der Waals surface area contributed by atoms with Crippen LogP contribution < -0.4 is 10.7 Å². The first-order valence-electron chi connectivity index (χ1n) is 8.07. The molecule has 1 aromatic heterocycles. The third-order valence-corrected chi connectivity index (χ3v) is 3.93. The lowest BCUT2D eigenvalue weighted by Gasteiger charge is -2.06. The van der Waals surface area contributed by atoms with Crippen molar-refractivity contribution in [2.45, 2.75) is 26.2 Å². The summed E-state index contributed by atoms with van der Waals surface area (Å²) in [6.45, 7) is 1.73. The predicted molar refractivity (Wildman–Crippen MR) is 103 cm³/mol. The minimum absolute atomic E-state index is 0.0390. The monoisotopic (exact) mass is 435 g/mol. The number of benzene rings is 1. The van der Waals surface area contributed by atoms with Gasteiger partial charge in [-0.05, 0) is 59.1 Å². The highest BCUT2D eigenvalue weighted by molar-refractivity contribution is 9.10. The van der Waals surface area contributed by atoms with Crippen LogP contribution in [-0.2, 0) is 9.59 Å². The molecular formula is C18H18BrN3O5. The van der Waals surface area contributed by atoms with Crippen molar-refractivity contribution in [2.75, 3.05) is 5.32 Å². The third kappa shape index (κ3) is 6.70. The maximum atomic E-state index is 11.9. The zero-order valence-corrected chi connectivity index (χ0v) is 16.1. The molecule has 0 aliphatic heterocycles. The summed E-state index contributed by atoms with van der Waals surface area (Å²) in [5.41, 5.74) is 4.34. The van der Waals surface area contributed by atoms with Gasteiger partial charge in [-0.15, -0.1) is 0 Å². The standard InChI is InChI=1S/C18H18BrN3O5/c1-11(21-22-18(26)14-9-10-15(19)27-14)12-5-7-13(8-6-12)20-16(23)3-2-4-17(24)25/h5-10H,2-4H2,1H3,(H,20,23)(H,22,26)(H,24,25). The molecule has 0 spiro atoms. The van der Waals surface area contributed by atoms with Gasteiger partial charge in [-0.3, -0.25) is 14.4 Å². The molecule has 1 heterocycles. The Kier molecular flexibility index (Phi) is 7.30. The largest absolute Gasteiger partial charge is 0.481 e. The number of halogens is 1. The highest BCUT2D eigenvalue weighted by atomic mass is 79.9. The molecule has 0 radical (unpaired) electrons. The quantitative estimate of drug-likeness (QED) is 0.433. The number of hydrogen-bond donors (Lipinski definition) is 3. The molecule has 0 unspecified atom stereocenters. The number of carbonyl (C=O) groups excluding carboxylic acids is 2. The molecule has 0 fully saturated rings. The Bertz CT molecular complexity index is 858. The van der Waals surface area contributed by atoms with Crippen molar-refractivity contribution < 1.29 is 23.9 Å². The zero-order chi connectivity index (χ0) is 19.8. The Morgan fingerprint density at radius 1 is 1.11 bits per heavy atom. The first-order valence-corrected chi connectivity index (χ1v) is 8.86. The van der Waals surface area contributed by atoms with Gasteiger partial charge in [0.05, 0.1) is 5.71 Å². The summed E-state index contributed by atoms with van der Waals surface area (Å²) < 4.78 is 5.59. The summed E-state index contributed by atoms with van der Waals surface area (Å²) in [7, 11) is 0. The molecule has 2 amide bonds. The molecule has 142 valence electrons. The molecule has 2 aromatic rings. The number of nitrogens with one attached hydrogen (secondary N) is 2. The van der Waals surface area contributed by atoms with Gasteiger partial charge in [0.25, 0.3) is 0 Å². The van der Waals surface area contributed by atoms with E-state index in [0.29, 0.717) is 16.1 Å². The lowest BCUT2D eigenvalue weighted by atomic mass is 10.1. The minimum atomic E-state index is -0.923. The van der Waals surface area contributed by atoms with Gasteiger partial charge in [-0.25, -0.2) is 5.43 Å². The molecule has 0 saturated carbocycles. The topological polar surface area (TPSA) is 121 Å². The van der Waals surface area contributed by atoms with Crippen molar-refractivity contribution in [1.82, 2.24) is 5.43 Å². The number of anilines is 1. The van der Waals surface area contributed by atoms with Crippen molar-refractivity contribution in [3.8, 4) is 0 Å². The van der Waals surface area contributed by atoms with Gasteiger partial charge in [-0.1, -0.05) is 12.1 Å². The summed E-state index contributed by atoms with van der Waals surface area (Å²) in [5.74, 6) is -1.50. The van der Waals surface area contributed by atoms with E-state index >= 15 is 0 Å². The number of hydrazone groups is 1. The maximum absolute atomic E-state index is 11.9. The van der Waals surface area contributed by atoms with E-state index in [-0.39, 0.29) is 30.9 Å². The Labute approximate surface area is 163 Å². The fourth-order valence-corrected chi connectivity index (χ4v) is 2.42. The molecule has 0 saturated heterocycles. The number of furan rings is 1. The van der Waals surface area contributed by atoms with Crippen LogP contribution >= 0.6 is 15.9 Å². The number of aliphatic carboxylic acids is 1. The van der Waals surface area contributed by atoms with Gasteiger partial charge in [0.2, 0.25) is 5.91 Å². The first kappa shape index (κ1) is 20.4. The molecule has 2 rings (SSSR count). The number of amides is 2. The lowest BCUT2D eigenvalue weighted by molar-refractivity contribution is -0.137. The minimum Gasteiger partial charge on any atom is -0.481 e. The Morgan fingerprint density at radius 2 is 1.81 bits per heavy atom. The van der Waals surface area contributed by atoms with Crippen molar-refractivity contribution in [2.24, 2.45) is 5.10 Å². The summed E-state index contributed by atoms with van der Waals surface area (Å²) in [6.07, 6.45) is 0.392. The van der Waals surface area contributed by atoms with E-state index in [0.717, 1.165) is 5.56 Å². The Balaban J connectivity index is 1.88. The zero-order valence-electron chi connectivity index (χ0n) is 14.5. The Morgan fingerprint density at radius 3 is 2.41 bits per heavy atom. The molecule has 0 bridgehead atoms. The van der Waals surface area contributed by atoms with Crippen LogP contribution in [0.5, 0.6) is 0 Å². The molecule has 1 aromatic carbocycles. The van der Waals surface area contributed by atoms with Gasteiger partial charge < -0.3 is 14.8 Å². The highest BCUT2D eigenvalue weighted by Crippen LogP contribution is 2.14. The van der Waals surface area contributed by atoms with Gasteiger partial charge >= 0.3 is 11.9 Å². The number of carboxylic acid groups (broad SMARTS) is 1. The van der Waals surface area contributed by atoms with E-state index in [1.165, 1.54) is 6.07 Å². The third-order valence-electron chi connectivity index (χ3n) is 3.50. The van der Waals surface area contributed by atoms with Gasteiger partial charge in [0.1, 0.15) is 0 Å². The number of hydrogen-bond acceptors (Lipinski definition) is 5. The van der Waals surface area contributed by atoms with Crippen LogP contribution in [0.15, 0.2) is 50.6 Å². The summed E-state index contributed by atoms with van der Waals surface area (Å²) in [6, 6.07) is 10.0. The van der Waals surface area contributed by atoms with Crippen LogP contribution in [0.1, 0.15) is 42.3 Å². The number of rotatable bonds is 8. The molecule has 9 heteroatoms. The van der Waals surface area contributed by atoms with Gasteiger partial charge in [0.15, 0.2) is 10.4 Å². The van der Waals surface area contributed by atoms with Crippen LogP contribution in [0.25, 0.3) is 0 Å². The van der Waals surface area contributed by atoms with Crippen molar-refractivity contribution >= 4 is 45.1 Å². The molecule has 0 aliphatic carbocycles. The Hall–Kier alpha value is -2.94. The fraction of sp³-hybridized carbons (Fsp3) is 0.222. The van der Waals surface area contributed by atoms with E-state index in [1.54, 1.807) is 37.3 Å². The number of nitrogens with zero attached hydrogens (tertiary/aromatic N) is 1. The van der Waals surface area contributed by atoms with E-state index < -0.39 is 11.9 Å². The van der Waals surface area contributed by atoms with E-state index in [4.69, 9.17) is 9.52 Å². The van der Waals surface area contributed by atoms with Crippen LogP contribution in [0, 0.1) is 0 Å². The SMILES string of the molecule is CC(=NNC(=O)c1ccc(Br)o1)c1ccc(NC(=O)CCCC(=O)O)cc1. The average molecular weight is 436 g/mol. The first-order chi connectivity index (χ1) is 12.8. The number of carbonyl (C=O) groups is 3. The molecule has 3 N–H and O–H groups in total. The van der Waals surface area contributed by atoms with Crippen LogP contribution in [0.2, 0.25) is 0 Å². The maximum Gasteiger partial charge on any atom is 0.307 e. The van der Waals surface area contributed by atoms with Crippen molar-refractivity contribution in [3.63, 3.8) is 0 Å².